The van der Waals surface area contributed by atoms with Crippen LogP contribution in [0.1, 0.15) is 5.56 Å². The number of carbonyl (C=O) groups excluding carboxylic acids is 1. The molecule has 0 bridgehead atoms. The molecule has 1 fully saturated rings. The van der Waals surface area contributed by atoms with Crippen LogP contribution < -0.4 is 9.47 Å². The Morgan fingerprint density at radius 3 is 2.59 bits per heavy atom. The molecule has 140 valence electrons. The van der Waals surface area contributed by atoms with Crippen molar-refractivity contribution in [2.75, 3.05) is 21.3 Å². The first kappa shape index (κ1) is 18.9. The van der Waals surface area contributed by atoms with Crippen molar-refractivity contribution in [3.63, 3.8) is 0 Å². The van der Waals surface area contributed by atoms with Gasteiger partial charge in [0.05, 0.1) is 19.1 Å². The number of nitrogens with zero attached hydrogens (tertiary/aromatic N) is 2. The van der Waals surface area contributed by atoms with E-state index >= 15 is 0 Å². The number of thioether (sulfide) groups is 1. The Hall–Kier alpha value is -2.87. The fourth-order valence-electron chi connectivity index (χ4n) is 2.49. The van der Waals surface area contributed by atoms with Gasteiger partial charge in [0.25, 0.3) is 5.91 Å². The molecule has 2 aromatic rings. The summed E-state index contributed by atoms with van der Waals surface area (Å²) in [4.78, 5) is 18.4. The lowest BCUT2D eigenvalue weighted by atomic mass is 10.1. The van der Waals surface area contributed by atoms with Crippen LogP contribution in [0.2, 0.25) is 0 Å². The van der Waals surface area contributed by atoms with E-state index in [-0.39, 0.29) is 11.6 Å². The van der Waals surface area contributed by atoms with Gasteiger partial charge in [0.15, 0.2) is 22.5 Å². The zero-order chi connectivity index (χ0) is 19.6. The summed E-state index contributed by atoms with van der Waals surface area (Å²) in [6.45, 7) is 0. The van der Waals surface area contributed by atoms with Crippen LogP contribution in [0, 0.1) is 11.6 Å². The van der Waals surface area contributed by atoms with Gasteiger partial charge in [-0.15, -0.1) is 0 Å². The molecule has 2 aromatic carbocycles. The molecule has 1 amide bonds. The minimum atomic E-state index is -0.796. The second kappa shape index (κ2) is 7.79. The van der Waals surface area contributed by atoms with Crippen molar-refractivity contribution in [2.45, 2.75) is 0 Å². The van der Waals surface area contributed by atoms with Crippen LogP contribution >= 0.6 is 11.8 Å². The van der Waals surface area contributed by atoms with Crippen LogP contribution in [-0.4, -0.2) is 37.2 Å². The number of halogens is 2. The molecule has 8 heteroatoms. The average Bonchev–Trinajstić information content (AvgIpc) is 2.91. The molecule has 5 nitrogen and oxygen atoms in total. The highest BCUT2D eigenvalue weighted by Gasteiger charge is 2.31. The quantitative estimate of drug-likeness (QED) is 0.734. The third kappa shape index (κ3) is 3.80. The molecular weight excluding hydrogens is 374 g/mol. The number of carbonyl (C=O) groups is 1. The summed E-state index contributed by atoms with van der Waals surface area (Å²) in [5.74, 6) is -0.732. The lowest BCUT2D eigenvalue weighted by Gasteiger charge is -2.10. The number of para-hydroxylation sites is 1. The lowest BCUT2D eigenvalue weighted by Crippen LogP contribution is -2.23. The summed E-state index contributed by atoms with van der Waals surface area (Å²) in [5, 5.41) is 0.290. The van der Waals surface area contributed by atoms with E-state index < -0.39 is 11.6 Å². The van der Waals surface area contributed by atoms with E-state index in [9.17, 15) is 13.6 Å². The summed E-state index contributed by atoms with van der Waals surface area (Å²) < 4.78 is 37.5. The third-order valence-corrected chi connectivity index (χ3v) is 4.91. The van der Waals surface area contributed by atoms with Crippen molar-refractivity contribution in [3.8, 4) is 11.5 Å². The molecular formula is C19H16F2N2O3S. The average molecular weight is 390 g/mol. The number of aliphatic imine (C=N–C) groups is 1. The molecule has 0 aliphatic carbocycles. The van der Waals surface area contributed by atoms with E-state index in [0.29, 0.717) is 27.1 Å². The fraction of sp³-hybridized carbons (Fsp3) is 0.158. The van der Waals surface area contributed by atoms with Gasteiger partial charge < -0.3 is 9.47 Å². The maximum Gasteiger partial charge on any atom is 0.266 e. The minimum absolute atomic E-state index is 0.0428. The number of methoxy groups -OCH3 is 2. The van der Waals surface area contributed by atoms with E-state index in [1.165, 1.54) is 25.2 Å². The second-order valence-corrected chi connectivity index (χ2v) is 6.56. The Labute approximate surface area is 159 Å². The van der Waals surface area contributed by atoms with Crippen molar-refractivity contribution >= 4 is 34.6 Å². The van der Waals surface area contributed by atoms with Crippen molar-refractivity contribution in [1.82, 2.24) is 4.90 Å². The number of likely N-dealkylation sites (N-methyl/N-ethyl adjacent to an activating group) is 1. The Morgan fingerprint density at radius 1 is 1.15 bits per heavy atom. The lowest BCUT2D eigenvalue weighted by molar-refractivity contribution is -0.121. The predicted octanol–water partition coefficient (Wildman–Crippen LogP) is 4.22. The maximum absolute atomic E-state index is 13.8. The largest absolute Gasteiger partial charge is 0.493 e. The Bertz CT molecular complexity index is 960. The highest BCUT2D eigenvalue weighted by atomic mass is 32.2. The van der Waals surface area contributed by atoms with Crippen LogP contribution in [0.25, 0.3) is 6.08 Å². The molecule has 0 saturated carbocycles. The molecule has 1 aliphatic rings. The normalized spacial score (nSPS) is 17.1. The smallest absolute Gasteiger partial charge is 0.266 e. The molecule has 1 heterocycles. The monoisotopic (exact) mass is 390 g/mol. The molecule has 0 radical (unpaired) electrons. The molecule has 0 atom stereocenters. The number of rotatable bonds is 4. The van der Waals surface area contributed by atoms with Crippen LogP contribution in [0.3, 0.4) is 0 Å². The van der Waals surface area contributed by atoms with Gasteiger partial charge >= 0.3 is 0 Å². The topological polar surface area (TPSA) is 51.1 Å². The van der Waals surface area contributed by atoms with Gasteiger partial charge in [-0.1, -0.05) is 12.1 Å². The Kier molecular flexibility index (Phi) is 5.46. The number of amides is 1. The molecule has 1 saturated heterocycles. The Morgan fingerprint density at radius 2 is 1.93 bits per heavy atom. The zero-order valence-corrected chi connectivity index (χ0v) is 15.6. The van der Waals surface area contributed by atoms with Crippen molar-refractivity contribution in [1.29, 1.82) is 0 Å². The summed E-state index contributed by atoms with van der Waals surface area (Å²) in [6.07, 6.45) is 1.66. The van der Waals surface area contributed by atoms with Crippen LogP contribution in [0.5, 0.6) is 11.5 Å². The van der Waals surface area contributed by atoms with Gasteiger partial charge in [0.1, 0.15) is 11.5 Å². The highest BCUT2D eigenvalue weighted by molar-refractivity contribution is 8.18. The van der Waals surface area contributed by atoms with Gasteiger partial charge in [-0.25, -0.2) is 13.8 Å². The number of hydrogen-bond donors (Lipinski definition) is 0. The highest BCUT2D eigenvalue weighted by Crippen LogP contribution is 2.37. The fourth-order valence-corrected chi connectivity index (χ4v) is 3.46. The molecule has 0 aromatic heterocycles. The van der Waals surface area contributed by atoms with Crippen molar-refractivity contribution < 1.29 is 23.0 Å². The molecule has 27 heavy (non-hydrogen) atoms. The second-order valence-electron chi connectivity index (χ2n) is 5.55. The van der Waals surface area contributed by atoms with Gasteiger partial charge in [-0.2, -0.15) is 0 Å². The number of amidine groups is 1. The van der Waals surface area contributed by atoms with Gasteiger partial charge in [-0.3, -0.25) is 9.69 Å². The summed E-state index contributed by atoms with van der Waals surface area (Å²) in [6, 6.07) is 8.41. The third-order valence-electron chi connectivity index (χ3n) is 3.85. The van der Waals surface area contributed by atoms with Crippen LogP contribution in [0.4, 0.5) is 14.5 Å². The first-order chi connectivity index (χ1) is 12.9. The van der Waals surface area contributed by atoms with Crippen molar-refractivity contribution in [2.24, 2.45) is 4.99 Å². The molecule has 0 unspecified atom stereocenters. The van der Waals surface area contributed by atoms with Gasteiger partial charge in [-0.05, 0) is 36.0 Å². The Balaban J connectivity index is 1.97. The van der Waals surface area contributed by atoms with E-state index in [1.54, 1.807) is 31.3 Å². The molecule has 0 N–H and O–H groups in total. The first-order valence-electron chi connectivity index (χ1n) is 7.87. The molecule has 3 rings (SSSR count). The zero-order valence-electron chi connectivity index (χ0n) is 14.8. The maximum atomic E-state index is 13.8. The predicted molar refractivity (Wildman–Crippen MR) is 101 cm³/mol. The van der Waals surface area contributed by atoms with E-state index in [2.05, 4.69) is 4.99 Å². The van der Waals surface area contributed by atoms with E-state index in [4.69, 9.17) is 9.47 Å². The van der Waals surface area contributed by atoms with E-state index in [1.807, 2.05) is 0 Å². The SMILES string of the molecule is COc1cccc(/C=C2/SC(=Nc3ccc(F)cc3F)N(C)C2=O)c1OC. The van der Waals surface area contributed by atoms with Gasteiger partial charge in [0, 0.05) is 18.7 Å². The molecule has 0 spiro atoms. The van der Waals surface area contributed by atoms with Crippen LogP contribution in [0.15, 0.2) is 46.3 Å². The summed E-state index contributed by atoms with van der Waals surface area (Å²) in [7, 11) is 4.58. The summed E-state index contributed by atoms with van der Waals surface area (Å²) >= 11 is 1.09. The standard InChI is InChI=1S/C19H16F2N2O3S/c1-23-18(24)16(9-11-5-4-6-15(25-2)17(11)26-3)27-19(23)22-14-8-7-12(20)10-13(14)21/h4-10H,1-3H3/b16-9+,22-19?. The first-order valence-corrected chi connectivity index (χ1v) is 8.68. The van der Waals surface area contributed by atoms with Crippen molar-refractivity contribution in [3.05, 3.63) is 58.5 Å². The minimum Gasteiger partial charge on any atom is -0.493 e. The molecule has 1 aliphatic heterocycles. The van der Waals surface area contributed by atoms with Gasteiger partial charge in [0.2, 0.25) is 0 Å². The number of benzene rings is 2. The van der Waals surface area contributed by atoms with Crippen LogP contribution in [-0.2, 0) is 4.79 Å². The summed E-state index contributed by atoms with van der Waals surface area (Å²) in [5.41, 5.74) is 0.620. The number of hydrogen-bond acceptors (Lipinski definition) is 5. The van der Waals surface area contributed by atoms with E-state index in [0.717, 1.165) is 23.9 Å². The number of ether oxygens (including phenoxy) is 2.